The summed E-state index contributed by atoms with van der Waals surface area (Å²) in [7, 11) is 0. The molecule has 0 unspecified atom stereocenters. The fraction of sp³-hybridized carbons (Fsp3) is 0.261. The number of benzene rings is 2. The number of carbonyl (C=O) groups is 1. The van der Waals surface area contributed by atoms with E-state index in [4.69, 9.17) is 4.74 Å². The van der Waals surface area contributed by atoms with Crippen molar-refractivity contribution in [2.75, 3.05) is 29.9 Å². The first-order valence-corrected chi connectivity index (χ1v) is 10.2. The molecule has 3 aromatic rings. The summed E-state index contributed by atoms with van der Waals surface area (Å²) < 4.78 is 33.8. The SMILES string of the molecule is CC(=O)Nc1ccc(Oc2cc(N3CCNC[C@H]3C)ncn2)cc1-c1ccc(F)cc1F. The van der Waals surface area contributed by atoms with Crippen LogP contribution in [0.25, 0.3) is 11.1 Å². The Balaban J connectivity index is 1.66. The van der Waals surface area contributed by atoms with Crippen LogP contribution in [0.5, 0.6) is 11.6 Å². The molecular weight excluding hydrogens is 416 g/mol. The van der Waals surface area contributed by atoms with Crippen LogP contribution in [0.1, 0.15) is 13.8 Å². The van der Waals surface area contributed by atoms with E-state index in [1.807, 2.05) is 0 Å². The lowest BCUT2D eigenvalue weighted by molar-refractivity contribution is -0.114. The van der Waals surface area contributed by atoms with Crippen LogP contribution in [0.4, 0.5) is 20.3 Å². The number of halogens is 2. The molecule has 1 amide bonds. The number of hydrogen-bond acceptors (Lipinski definition) is 6. The average molecular weight is 439 g/mol. The van der Waals surface area contributed by atoms with Crippen LogP contribution < -0.4 is 20.3 Å². The molecule has 0 spiro atoms. The van der Waals surface area contributed by atoms with Crippen molar-refractivity contribution in [3.63, 3.8) is 0 Å². The molecule has 1 atom stereocenters. The number of amides is 1. The highest BCUT2D eigenvalue weighted by Crippen LogP contribution is 2.35. The molecule has 1 fully saturated rings. The largest absolute Gasteiger partial charge is 0.439 e. The maximum absolute atomic E-state index is 14.5. The third-order valence-corrected chi connectivity index (χ3v) is 5.17. The Hall–Kier alpha value is -3.59. The predicted molar refractivity (Wildman–Crippen MR) is 118 cm³/mol. The number of ether oxygens (including phenoxy) is 1. The number of piperazine rings is 1. The van der Waals surface area contributed by atoms with Crippen molar-refractivity contribution in [3.8, 4) is 22.8 Å². The molecule has 1 saturated heterocycles. The Kier molecular flexibility index (Phi) is 6.27. The molecule has 1 aromatic heterocycles. The highest BCUT2D eigenvalue weighted by atomic mass is 19.1. The van der Waals surface area contributed by atoms with Crippen LogP contribution in [-0.2, 0) is 4.79 Å². The van der Waals surface area contributed by atoms with Gasteiger partial charge in [0.2, 0.25) is 11.8 Å². The Morgan fingerprint density at radius 3 is 2.75 bits per heavy atom. The zero-order chi connectivity index (χ0) is 22.7. The van der Waals surface area contributed by atoms with E-state index < -0.39 is 11.6 Å². The first kappa shape index (κ1) is 21.6. The molecule has 0 aliphatic carbocycles. The van der Waals surface area contributed by atoms with Gasteiger partial charge >= 0.3 is 0 Å². The molecule has 1 aliphatic rings. The Labute approximate surface area is 184 Å². The van der Waals surface area contributed by atoms with Gasteiger partial charge in [-0.05, 0) is 37.3 Å². The molecule has 0 radical (unpaired) electrons. The van der Waals surface area contributed by atoms with Crippen molar-refractivity contribution in [2.45, 2.75) is 19.9 Å². The number of rotatable bonds is 5. The van der Waals surface area contributed by atoms with E-state index in [0.29, 0.717) is 22.9 Å². The number of carbonyl (C=O) groups excluding carboxylic acids is 1. The van der Waals surface area contributed by atoms with E-state index in [1.165, 1.54) is 19.3 Å². The van der Waals surface area contributed by atoms with E-state index >= 15 is 0 Å². The Morgan fingerprint density at radius 1 is 1.16 bits per heavy atom. The van der Waals surface area contributed by atoms with Crippen LogP contribution in [0.3, 0.4) is 0 Å². The quantitative estimate of drug-likeness (QED) is 0.626. The summed E-state index contributed by atoms with van der Waals surface area (Å²) in [4.78, 5) is 22.3. The van der Waals surface area contributed by atoms with Gasteiger partial charge < -0.3 is 20.3 Å². The van der Waals surface area contributed by atoms with Crippen molar-refractivity contribution >= 4 is 17.4 Å². The van der Waals surface area contributed by atoms with Gasteiger partial charge in [-0.15, -0.1) is 0 Å². The Morgan fingerprint density at radius 2 is 2.00 bits per heavy atom. The van der Waals surface area contributed by atoms with Crippen molar-refractivity contribution in [3.05, 3.63) is 60.4 Å². The summed E-state index contributed by atoms with van der Waals surface area (Å²) >= 11 is 0. The van der Waals surface area contributed by atoms with Gasteiger partial charge in [-0.25, -0.2) is 18.7 Å². The molecule has 32 heavy (non-hydrogen) atoms. The van der Waals surface area contributed by atoms with E-state index in [1.54, 1.807) is 24.3 Å². The minimum Gasteiger partial charge on any atom is -0.439 e. The molecule has 4 rings (SSSR count). The van der Waals surface area contributed by atoms with Crippen molar-refractivity contribution < 1.29 is 18.3 Å². The summed E-state index contributed by atoms with van der Waals surface area (Å²) in [5.74, 6) is -0.271. The third kappa shape index (κ3) is 4.83. The zero-order valence-electron chi connectivity index (χ0n) is 17.7. The smallest absolute Gasteiger partial charge is 0.224 e. The van der Waals surface area contributed by atoms with E-state index in [0.717, 1.165) is 37.6 Å². The van der Waals surface area contributed by atoms with Crippen LogP contribution in [0.2, 0.25) is 0 Å². The topological polar surface area (TPSA) is 79.4 Å². The molecular formula is C23H23F2N5O2. The second kappa shape index (κ2) is 9.27. The molecule has 166 valence electrons. The lowest BCUT2D eigenvalue weighted by atomic mass is 10.0. The molecule has 0 saturated carbocycles. The predicted octanol–water partition coefficient (Wildman–Crippen LogP) is 3.97. The Bertz CT molecular complexity index is 1140. The number of nitrogens with one attached hydrogen (secondary N) is 2. The average Bonchev–Trinajstić information content (AvgIpc) is 2.75. The lowest BCUT2D eigenvalue weighted by Crippen LogP contribution is -2.50. The van der Waals surface area contributed by atoms with Crippen LogP contribution in [0, 0.1) is 11.6 Å². The van der Waals surface area contributed by atoms with Gasteiger partial charge in [-0.1, -0.05) is 0 Å². The highest BCUT2D eigenvalue weighted by molar-refractivity contribution is 5.94. The van der Waals surface area contributed by atoms with Crippen molar-refractivity contribution in [1.82, 2.24) is 15.3 Å². The summed E-state index contributed by atoms with van der Waals surface area (Å²) in [5.41, 5.74) is 0.882. The van der Waals surface area contributed by atoms with Gasteiger partial charge in [0.05, 0.1) is 0 Å². The molecule has 2 N–H and O–H groups in total. The van der Waals surface area contributed by atoms with Gasteiger partial charge in [0.25, 0.3) is 0 Å². The minimum absolute atomic E-state index is 0.138. The number of nitrogens with zero attached hydrogens (tertiary/aromatic N) is 3. The fourth-order valence-electron chi connectivity index (χ4n) is 3.66. The first-order chi connectivity index (χ1) is 15.4. The van der Waals surface area contributed by atoms with Gasteiger partial charge in [0, 0.05) is 61.5 Å². The van der Waals surface area contributed by atoms with Gasteiger partial charge in [0.1, 0.15) is 29.5 Å². The van der Waals surface area contributed by atoms with Crippen molar-refractivity contribution in [2.24, 2.45) is 0 Å². The van der Waals surface area contributed by atoms with Crippen LogP contribution in [-0.4, -0.2) is 41.6 Å². The maximum atomic E-state index is 14.5. The summed E-state index contributed by atoms with van der Waals surface area (Å²) in [6.45, 7) is 6.00. The van der Waals surface area contributed by atoms with Gasteiger partial charge in [-0.2, -0.15) is 0 Å². The van der Waals surface area contributed by atoms with E-state index in [9.17, 15) is 13.6 Å². The number of aromatic nitrogens is 2. The highest BCUT2D eigenvalue weighted by Gasteiger charge is 2.20. The zero-order valence-corrected chi connectivity index (χ0v) is 17.7. The normalized spacial score (nSPS) is 16.0. The molecule has 7 nitrogen and oxygen atoms in total. The lowest BCUT2D eigenvalue weighted by Gasteiger charge is -2.34. The molecule has 2 aromatic carbocycles. The van der Waals surface area contributed by atoms with Gasteiger partial charge in [0.15, 0.2) is 0 Å². The van der Waals surface area contributed by atoms with Crippen molar-refractivity contribution in [1.29, 1.82) is 0 Å². The van der Waals surface area contributed by atoms with Crippen LogP contribution in [0.15, 0.2) is 48.8 Å². The summed E-state index contributed by atoms with van der Waals surface area (Å²) in [6, 6.07) is 10.1. The third-order valence-electron chi connectivity index (χ3n) is 5.17. The van der Waals surface area contributed by atoms with E-state index in [2.05, 4.69) is 32.4 Å². The number of hydrogen-bond donors (Lipinski definition) is 2. The standard InChI is InChI=1S/C23H23F2N5O2/c1-14-12-26-7-8-30(14)22-11-23(28-13-27-22)32-17-4-6-21(29-15(2)31)19(10-17)18-5-3-16(24)9-20(18)25/h3-6,9-11,13-14,26H,7-8,12H2,1-2H3,(H,29,31)/t14-/m1/s1. The van der Waals surface area contributed by atoms with Crippen LogP contribution >= 0.6 is 0 Å². The molecule has 0 bridgehead atoms. The first-order valence-electron chi connectivity index (χ1n) is 10.2. The molecule has 2 heterocycles. The molecule has 9 heteroatoms. The van der Waals surface area contributed by atoms with Gasteiger partial charge in [-0.3, -0.25) is 4.79 Å². The second-order valence-electron chi connectivity index (χ2n) is 7.58. The van der Waals surface area contributed by atoms with E-state index in [-0.39, 0.29) is 17.5 Å². The second-order valence-corrected chi connectivity index (χ2v) is 7.58. The molecule has 1 aliphatic heterocycles. The fourth-order valence-corrected chi connectivity index (χ4v) is 3.66. The summed E-state index contributed by atoms with van der Waals surface area (Å²) in [6.07, 6.45) is 1.44. The maximum Gasteiger partial charge on any atom is 0.224 e. The number of anilines is 2. The minimum atomic E-state index is -0.745. The summed E-state index contributed by atoms with van der Waals surface area (Å²) in [5, 5.41) is 6.01. The monoisotopic (exact) mass is 439 g/mol.